The van der Waals surface area contributed by atoms with Crippen molar-refractivity contribution in [2.75, 3.05) is 0 Å². The molecule has 0 aromatic carbocycles. The number of alkyl halides is 6. The van der Waals surface area contributed by atoms with Gasteiger partial charge < -0.3 is 4.74 Å². The summed E-state index contributed by atoms with van der Waals surface area (Å²) in [6.07, 6.45) is -7.97. The minimum atomic E-state index is -4.98. The maximum absolute atomic E-state index is 12.4. The molecule has 1 aromatic heterocycles. The summed E-state index contributed by atoms with van der Waals surface area (Å²) in [4.78, 5) is 3.13. The zero-order valence-electron chi connectivity index (χ0n) is 7.86. The fourth-order valence-electron chi connectivity index (χ4n) is 1.02. The predicted octanol–water partition coefficient (Wildman–Crippen LogP) is 4.31. The van der Waals surface area contributed by atoms with Crippen molar-refractivity contribution in [3.05, 3.63) is 22.5 Å². The molecule has 0 aliphatic carbocycles. The van der Waals surface area contributed by atoms with Crippen LogP contribution in [-0.4, -0.2) is 11.3 Å². The Morgan fingerprint density at radius 1 is 1.35 bits per heavy atom. The molecule has 1 heterocycles. The van der Waals surface area contributed by atoms with Gasteiger partial charge in [-0.15, -0.1) is 24.8 Å². The lowest BCUT2D eigenvalue weighted by atomic mass is 10.2. The molecule has 0 unspecified atom stereocenters. The Balaban J connectivity index is 3.18. The molecule has 17 heavy (non-hydrogen) atoms. The molecule has 9 heteroatoms. The second-order valence-electron chi connectivity index (χ2n) is 2.80. The van der Waals surface area contributed by atoms with Gasteiger partial charge >= 0.3 is 6.36 Å². The molecular formula is C8H4Cl2F5NO. The van der Waals surface area contributed by atoms with Gasteiger partial charge in [-0.3, -0.25) is 0 Å². The monoisotopic (exact) mass is 295 g/mol. The molecule has 2 nitrogen and oxygen atoms in total. The molecule has 0 amide bonds. The van der Waals surface area contributed by atoms with E-state index in [1.165, 1.54) is 0 Å². The summed E-state index contributed by atoms with van der Waals surface area (Å²) in [6.45, 7) is 0. The maximum Gasteiger partial charge on any atom is 0.573 e. The van der Waals surface area contributed by atoms with Gasteiger partial charge in [0.05, 0.1) is 0 Å². The SMILES string of the molecule is FC(F)c1nc(Cl)c(OC(F)(F)F)cc1CCl. The normalized spacial score (nSPS) is 12.0. The zero-order valence-corrected chi connectivity index (χ0v) is 9.37. The summed E-state index contributed by atoms with van der Waals surface area (Å²) >= 11 is 10.6. The van der Waals surface area contributed by atoms with Crippen LogP contribution in [0.4, 0.5) is 22.0 Å². The standard InChI is InChI=1S/C8H4Cl2F5NO/c9-2-3-1-4(17-8(13,14)15)6(10)16-5(3)7(11)12/h1,7H,2H2. The van der Waals surface area contributed by atoms with E-state index < -0.39 is 35.3 Å². The minimum Gasteiger partial charge on any atom is -0.402 e. The summed E-state index contributed by atoms with van der Waals surface area (Å²) in [5.41, 5.74) is -1.04. The minimum absolute atomic E-state index is 0.273. The molecule has 0 fully saturated rings. The number of rotatable bonds is 3. The van der Waals surface area contributed by atoms with Gasteiger partial charge in [0, 0.05) is 5.88 Å². The summed E-state index contributed by atoms with van der Waals surface area (Å²) in [6, 6.07) is 0.692. The first-order chi connectivity index (χ1) is 7.74. The van der Waals surface area contributed by atoms with Crippen molar-refractivity contribution in [1.82, 2.24) is 4.98 Å². The third-order valence-electron chi connectivity index (χ3n) is 1.63. The van der Waals surface area contributed by atoms with E-state index >= 15 is 0 Å². The third-order valence-corrected chi connectivity index (χ3v) is 2.19. The Morgan fingerprint density at radius 2 is 1.94 bits per heavy atom. The molecule has 0 aliphatic rings. The van der Waals surface area contributed by atoms with Crippen LogP contribution in [0.5, 0.6) is 5.75 Å². The lowest BCUT2D eigenvalue weighted by Crippen LogP contribution is -2.18. The second kappa shape index (κ2) is 5.22. The van der Waals surface area contributed by atoms with Gasteiger partial charge in [0.25, 0.3) is 6.43 Å². The molecule has 0 radical (unpaired) electrons. The molecule has 0 atom stereocenters. The number of hydrogen-bond acceptors (Lipinski definition) is 2. The highest BCUT2D eigenvalue weighted by Crippen LogP contribution is 2.33. The van der Waals surface area contributed by atoms with E-state index in [0.29, 0.717) is 6.07 Å². The number of pyridine rings is 1. The molecule has 0 aliphatic heterocycles. The van der Waals surface area contributed by atoms with Gasteiger partial charge in [-0.2, -0.15) is 0 Å². The van der Waals surface area contributed by atoms with E-state index in [0.717, 1.165) is 0 Å². The van der Waals surface area contributed by atoms with Crippen molar-refractivity contribution in [3.8, 4) is 5.75 Å². The molecule has 0 bridgehead atoms. The number of aromatic nitrogens is 1. The van der Waals surface area contributed by atoms with Gasteiger partial charge in [-0.25, -0.2) is 13.8 Å². The van der Waals surface area contributed by atoms with E-state index in [-0.39, 0.29) is 5.56 Å². The molecule has 1 rings (SSSR count). The molecule has 0 saturated heterocycles. The summed E-state index contributed by atoms with van der Waals surface area (Å²) in [5, 5.41) is -0.800. The van der Waals surface area contributed by atoms with Crippen LogP contribution in [0.25, 0.3) is 0 Å². The quantitative estimate of drug-likeness (QED) is 0.471. The van der Waals surface area contributed by atoms with E-state index in [1.807, 2.05) is 0 Å². The highest BCUT2D eigenvalue weighted by Gasteiger charge is 2.33. The van der Waals surface area contributed by atoms with Crippen LogP contribution < -0.4 is 4.74 Å². The van der Waals surface area contributed by atoms with E-state index in [9.17, 15) is 22.0 Å². The van der Waals surface area contributed by atoms with Crippen molar-refractivity contribution >= 4 is 23.2 Å². The van der Waals surface area contributed by atoms with Gasteiger partial charge in [-0.05, 0) is 11.6 Å². The van der Waals surface area contributed by atoms with E-state index in [1.54, 1.807) is 0 Å². The molecule has 0 saturated carbocycles. The Bertz CT molecular complexity index is 410. The van der Waals surface area contributed by atoms with Crippen LogP contribution in [0.1, 0.15) is 17.7 Å². The summed E-state index contributed by atoms with van der Waals surface area (Å²) in [5.74, 6) is -1.29. The second-order valence-corrected chi connectivity index (χ2v) is 3.43. The first-order valence-electron chi connectivity index (χ1n) is 4.03. The van der Waals surface area contributed by atoms with Crippen molar-refractivity contribution in [2.24, 2.45) is 0 Å². The highest BCUT2D eigenvalue weighted by atomic mass is 35.5. The molecule has 0 spiro atoms. The lowest BCUT2D eigenvalue weighted by molar-refractivity contribution is -0.274. The maximum atomic E-state index is 12.4. The van der Waals surface area contributed by atoms with E-state index in [2.05, 4.69) is 9.72 Å². The highest BCUT2D eigenvalue weighted by molar-refractivity contribution is 6.30. The average molecular weight is 296 g/mol. The fourth-order valence-corrected chi connectivity index (χ4v) is 1.41. The zero-order chi connectivity index (χ0) is 13.2. The van der Waals surface area contributed by atoms with Crippen molar-refractivity contribution < 1.29 is 26.7 Å². The van der Waals surface area contributed by atoms with Crippen LogP contribution in [0.3, 0.4) is 0 Å². The van der Waals surface area contributed by atoms with Crippen molar-refractivity contribution in [2.45, 2.75) is 18.7 Å². The fraction of sp³-hybridized carbons (Fsp3) is 0.375. The summed E-state index contributed by atoms with van der Waals surface area (Å²) in [7, 11) is 0. The summed E-state index contributed by atoms with van der Waals surface area (Å²) < 4.78 is 64.1. The number of ether oxygens (including phenoxy) is 1. The Kier molecular flexibility index (Phi) is 4.37. The molecular weight excluding hydrogens is 292 g/mol. The molecule has 0 N–H and O–H groups in total. The van der Waals surface area contributed by atoms with Gasteiger partial charge in [0.1, 0.15) is 5.69 Å². The largest absolute Gasteiger partial charge is 0.573 e. The Labute approximate surface area is 102 Å². The van der Waals surface area contributed by atoms with Crippen LogP contribution >= 0.6 is 23.2 Å². The number of nitrogens with zero attached hydrogens (tertiary/aromatic N) is 1. The van der Waals surface area contributed by atoms with Crippen LogP contribution in [0.15, 0.2) is 6.07 Å². The average Bonchev–Trinajstić information content (AvgIpc) is 2.18. The molecule has 96 valence electrons. The topological polar surface area (TPSA) is 22.1 Å². The smallest absolute Gasteiger partial charge is 0.402 e. The van der Waals surface area contributed by atoms with Crippen LogP contribution in [0.2, 0.25) is 5.15 Å². The van der Waals surface area contributed by atoms with Gasteiger partial charge in [0.2, 0.25) is 0 Å². The van der Waals surface area contributed by atoms with E-state index in [4.69, 9.17) is 23.2 Å². The van der Waals surface area contributed by atoms with Crippen molar-refractivity contribution in [1.29, 1.82) is 0 Å². The van der Waals surface area contributed by atoms with Gasteiger partial charge in [-0.1, -0.05) is 11.6 Å². The van der Waals surface area contributed by atoms with Gasteiger partial charge in [0.15, 0.2) is 10.9 Å². The number of halogens is 7. The van der Waals surface area contributed by atoms with Crippen LogP contribution in [-0.2, 0) is 5.88 Å². The first kappa shape index (κ1) is 14.2. The molecule has 1 aromatic rings. The Morgan fingerprint density at radius 3 is 2.35 bits per heavy atom. The number of hydrogen-bond donors (Lipinski definition) is 0. The lowest BCUT2D eigenvalue weighted by Gasteiger charge is -2.13. The third kappa shape index (κ3) is 3.85. The van der Waals surface area contributed by atoms with Crippen molar-refractivity contribution in [3.63, 3.8) is 0 Å². The Hall–Kier alpha value is -0.820. The predicted molar refractivity (Wildman–Crippen MR) is 50.4 cm³/mol. The first-order valence-corrected chi connectivity index (χ1v) is 4.95. The van der Waals surface area contributed by atoms with Crippen LogP contribution in [0, 0.1) is 0 Å².